The van der Waals surface area contributed by atoms with Gasteiger partial charge in [-0.05, 0) is 29.0 Å². The van der Waals surface area contributed by atoms with Gasteiger partial charge in [-0.25, -0.2) is 24.8 Å². The zero-order chi connectivity index (χ0) is 21.9. The Hall–Kier alpha value is -3.28. The van der Waals surface area contributed by atoms with Gasteiger partial charge in [0.2, 0.25) is 0 Å². The zero-order valence-electron chi connectivity index (χ0n) is 16.5. The lowest BCUT2D eigenvalue weighted by molar-refractivity contribution is -0.136. The summed E-state index contributed by atoms with van der Waals surface area (Å²) in [5.41, 5.74) is 0.967. The lowest BCUT2D eigenvalue weighted by atomic mass is 10.1. The molecule has 0 fully saturated rings. The Morgan fingerprint density at radius 2 is 1.88 bits per heavy atom. The highest BCUT2D eigenvalue weighted by Gasteiger charge is 2.34. The van der Waals surface area contributed by atoms with Crippen LogP contribution in [0.1, 0.15) is 32.7 Å². The Morgan fingerprint density at radius 3 is 2.62 bits per heavy atom. The molecule has 11 heteroatoms. The summed E-state index contributed by atoms with van der Waals surface area (Å²) in [5, 5.41) is 12.0. The van der Waals surface area contributed by atoms with Gasteiger partial charge in [0.1, 0.15) is 0 Å². The fraction of sp³-hybridized carbons (Fsp3) is 0.143. The van der Waals surface area contributed by atoms with Crippen LogP contribution in [0.4, 0.5) is 0 Å². The molecule has 5 rings (SSSR count). The van der Waals surface area contributed by atoms with E-state index in [-0.39, 0.29) is 17.6 Å². The SMILES string of the molecule is O=C(OCC(=O)N1N=C(c2cccs2)CC1c1cccs1)c1csc(-c2ncccn2)n1. The van der Waals surface area contributed by atoms with Crippen molar-refractivity contribution in [3.63, 3.8) is 0 Å². The molecule has 0 N–H and O–H groups in total. The Labute approximate surface area is 194 Å². The minimum absolute atomic E-state index is 0.115. The molecule has 1 amide bonds. The molecule has 0 spiro atoms. The van der Waals surface area contributed by atoms with Crippen LogP contribution in [0.25, 0.3) is 10.8 Å². The van der Waals surface area contributed by atoms with E-state index in [1.54, 1.807) is 46.5 Å². The van der Waals surface area contributed by atoms with Crippen molar-refractivity contribution in [2.75, 3.05) is 6.61 Å². The summed E-state index contributed by atoms with van der Waals surface area (Å²) in [4.78, 5) is 39.9. The van der Waals surface area contributed by atoms with Crippen LogP contribution in [0.15, 0.2) is 64.0 Å². The monoisotopic (exact) mass is 481 g/mol. The normalized spacial score (nSPS) is 15.6. The molecule has 4 aromatic heterocycles. The van der Waals surface area contributed by atoms with Crippen molar-refractivity contribution in [1.82, 2.24) is 20.0 Å². The topological polar surface area (TPSA) is 97.6 Å². The molecule has 160 valence electrons. The number of nitrogens with zero attached hydrogens (tertiary/aromatic N) is 5. The van der Waals surface area contributed by atoms with Gasteiger partial charge in [-0.1, -0.05) is 12.1 Å². The zero-order valence-corrected chi connectivity index (χ0v) is 18.9. The largest absolute Gasteiger partial charge is 0.451 e. The van der Waals surface area contributed by atoms with E-state index in [2.05, 4.69) is 20.1 Å². The molecule has 5 heterocycles. The Morgan fingerprint density at radius 1 is 1.06 bits per heavy atom. The molecule has 0 saturated heterocycles. The summed E-state index contributed by atoms with van der Waals surface area (Å²) < 4.78 is 5.25. The molecule has 0 bridgehead atoms. The number of hydrogen-bond donors (Lipinski definition) is 0. The molecule has 8 nitrogen and oxygen atoms in total. The molecule has 1 aliphatic heterocycles. The summed E-state index contributed by atoms with van der Waals surface area (Å²) in [5.74, 6) is -0.629. The number of hydrogen-bond acceptors (Lipinski definition) is 10. The Bertz CT molecular complexity index is 1250. The van der Waals surface area contributed by atoms with Crippen LogP contribution in [0, 0.1) is 0 Å². The quantitative estimate of drug-likeness (QED) is 0.382. The molecular weight excluding hydrogens is 466 g/mol. The van der Waals surface area contributed by atoms with Crippen LogP contribution in [0.2, 0.25) is 0 Å². The number of aromatic nitrogens is 3. The Balaban J connectivity index is 1.28. The number of ether oxygens (including phenoxy) is 1. The predicted molar refractivity (Wildman–Crippen MR) is 123 cm³/mol. The predicted octanol–water partition coefficient (Wildman–Crippen LogP) is 4.26. The lowest BCUT2D eigenvalue weighted by Gasteiger charge is -2.20. The molecule has 4 aromatic rings. The third-order valence-electron chi connectivity index (χ3n) is 4.64. The van der Waals surface area contributed by atoms with Gasteiger partial charge in [-0.2, -0.15) is 5.10 Å². The molecule has 1 atom stereocenters. The fourth-order valence-electron chi connectivity index (χ4n) is 3.18. The van der Waals surface area contributed by atoms with E-state index in [1.807, 2.05) is 35.0 Å². The van der Waals surface area contributed by atoms with Crippen LogP contribution in [-0.2, 0) is 9.53 Å². The van der Waals surface area contributed by atoms with Gasteiger partial charge in [0.05, 0.1) is 16.6 Å². The van der Waals surface area contributed by atoms with Gasteiger partial charge < -0.3 is 4.74 Å². The van der Waals surface area contributed by atoms with Crippen molar-refractivity contribution in [3.05, 3.63) is 74.3 Å². The summed E-state index contributed by atoms with van der Waals surface area (Å²) in [7, 11) is 0. The van der Waals surface area contributed by atoms with Crippen molar-refractivity contribution in [2.24, 2.45) is 5.10 Å². The van der Waals surface area contributed by atoms with Crippen LogP contribution in [-0.4, -0.2) is 44.2 Å². The standard InChI is InChI=1S/C21H15N5O3S3/c27-18(11-29-21(28)14-12-32-20(24-14)19-22-6-3-7-23-19)26-15(17-5-2-9-31-17)10-13(25-26)16-4-1-8-30-16/h1-9,12,15H,10-11H2. The van der Waals surface area contributed by atoms with E-state index in [0.29, 0.717) is 17.3 Å². The molecule has 0 aromatic carbocycles. The third kappa shape index (κ3) is 4.22. The summed E-state index contributed by atoms with van der Waals surface area (Å²) in [6.45, 7) is -0.420. The van der Waals surface area contributed by atoms with E-state index in [0.717, 1.165) is 15.5 Å². The number of amides is 1. The van der Waals surface area contributed by atoms with Gasteiger partial charge >= 0.3 is 5.97 Å². The number of thiophene rings is 2. The number of carbonyl (C=O) groups is 2. The van der Waals surface area contributed by atoms with Gasteiger partial charge in [0.25, 0.3) is 5.91 Å². The van der Waals surface area contributed by atoms with Crippen molar-refractivity contribution < 1.29 is 14.3 Å². The molecule has 0 aliphatic carbocycles. The second kappa shape index (κ2) is 9.07. The highest BCUT2D eigenvalue weighted by atomic mass is 32.1. The molecule has 1 unspecified atom stereocenters. The van der Waals surface area contributed by atoms with Crippen LogP contribution in [0.5, 0.6) is 0 Å². The van der Waals surface area contributed by atoms with Gasteiger partial charge in [0.15, 0.2) is 23.1 Å². The van der Waals surface area contributed by atoms with E-state index in [4.69, 9.17) is 4.74 Å². The first-order valence-electron chi connectivity index (χ1n) is 9.56. The number of carbonyl (C=O) groups excluding carboxylic acids is 2. The fourth-order valence-corrected chi connectivity index (χ4v) is 5.45. The van der Waals surface area contributed by atoms with Crippen LogP contribution < -0.4 is 0 Å². The average Bonchev–Trinajstić information content (AvgIpc) is 3.63. The lowest BCUT2D eigenvalue weighted by Crippen LogP contribution is -2.31. The highest BCUT2D eigenvalue weighted by Crippen LogP contribution is 2.36. The summed E-state index contributed by atoms with van der Waals surface area (Å²) >= 11 is 4.39. The second-order valence-electron chi connectivity index (χ2n) is 6.68. The first-order valence-corrected chi connectivity index (χ1v) is 12.2. The summed E-state index contributed by atoms with van der Waals surface area (Å²) in [6, 6.07) is 9.36. The molecule has 32 heavy (non-hydrogen) atoms. The number of rotatable bonds is 6. The minimum Gasteiger partial charge on any atom is -0.451 e. The maximum Gasteiger partial charge on any atom is 0.358 e. The van der Waals surface area contributed by atoms with E-state index in [9.17, 15) is 9.59 Å². The molecule has 0 radical (unpaired) electrons. The highest BCUT2D eigenvalue weighted by molar-refractivity contribution is 7.13. The third-order valence-corrected chi connectivity index (χ3v) is 7.37. The van der Waals surface area contributed by atoms with E-state index >= 15 is 0 Å². The smallest absolute Gasteiger partial charge is 0.358 e. The average molecular weight is 482 g/mol. The van der Waals surface area contributed by atoms with Crippen molar-refractivity contribution in [3.8, 4) is 10.8 Å². The second-order valence-corrected chi connectivity index (χ2v) is 9.47. The van der Waals surface area contributed by atoms with Crippen molar-refractivity contribution in [2.45, 2.75) is 12.5 Å². The maximum atomic E-state index is 12.9. The van der Waals surface area contributed by atoms with Gasteiger partial charge in [-0.3, -0.25) is 4.79 Å². The maximum absolute atomic E-state index is 12.9. The first-order chi connectivity index (χ1) is 15.7. The van der Waals surface area contributed by atoms with Crippen LogP contribution >= 0.6 is 34.0 Å². The van der Waals surface area contributed by atoms with Gasteiger partial charge in [-0.15, -0.1) is 34.0 Å². The van der Waals surface area contributed by atoms with E-state index < -0.39 is 12.6 Å². The van der Waals surface area contributed by atoms with Gasteiger partial charge in [0, 0.05) is 29.1 Å². The first kappa shape index (κ1) is 20.6. The molecule has 0 saturated carbocycles. The number of thiazole rings is 1. The van der Waals surface area contributed by atoms with Crippen LogP contribution in [0.3, 0.4) is 0 Å². The minimum atomic E-state index is -0.675. The molecule has 1 aliphatic rings. The number of hydrazone groups is 1. The van der Waals surface area contributed by atoms with E-state index in [1.165, 1.54) is 16.3 Å². The van der Waals surface area contributed by atoms with Crippen molar-refractivity contribution in [1.29, 1.82) is 0 Å². The summed E-state index contributed by atoms with van der Waals surface area (Å²) in [6.07, 6.45) is 3.82. The van der Waals surface area contributed by atoms with Crippen molar-refractivity contribution >= 4 is 51.6 Å². The number of esters is 1. The molecular formula is C21H15N5O3S3. The Kier molecular flexibility index (Phi) is 5.84.